The van der Waals surface area contributed by atoms with Crippen molar-refractivity contribution in [3.05, 3.63) is 55.9 Å². The molecular formula is C22H25ClN4O2S. The van der Waals surface area contributed by atoms with E-state index in [-0.39, 0.29) is 24.1 Å². The lowest BCUT2D eigenvalue weighted by Gasteiger charge is -2.23. The van der Waals surface area contributed by atoms with Gasteiger partial charge in [0.2, 0.25) is 5.91 Å². The van der Waals surface area contributed by atoms with Crippen LogP contribution in [0, 0.1) is 5.92 Å². The maximum atomic E-state index is 12.8. The summed E-state index contributed by atoms with van der Waals surface area (Å²) >= 11 is 7.75. The molecule has 2 unspecified atom stereocenters. The maximum absolute atomic E-state index is 12.8. The zero-order valence-electron chi connectivity index (χ0n) is 17.3. The molecule has 0 radical (unpaired) electrons. The Morgan fingerprint density at radius 3 is 2.97 bits per heavy atom. The van der Waals surface area contributed by atoms with Gasteiger partial charge in [-0.2, -0.15) is 0 Å². The summed E-state index contributed by atoms with van der Waals surface area (Å²) in [4.78, 5) is 37.0. The quantitative estimate of drug-likeness (QED) is 0.611. The molecule has 3 aromatic rings. The van der Waals surface area contributed by atoms with Crippen molar-refractivity contribution in [3.8, 4) is 0 Å². The van der Waals surface area contributed by atoms with Gasteiger partial charge >= 0.3 is 0 Å². The lowest BCUT2D eigenvalue weighted by molar-refractivity contribution is -0.117. The minimum atomic E-state index is -0.225. The topological polar surface area (TPSA) is 78.1 Å². The van der Waals surface area contributed by atoms with Crippen LogP contribution in [-0.4, -0.2) is 34.4 Å². The number of fused-ring (bicyclic) bond motifs is 3. The van der Waals surface area contributed by atoms with Crippen molar-refractivity contribution >= 4 is 44.7 Å². The fourth-order valence-electron chi connectivity index (χ4n) is 3.89. The second-order valence-corrected chi connectivity index (χ2v) is 9.59. The number of hydrogen-bond donors (Lipinski definition) is 2. The average Bonchev–Trinajstić information content (AvgIpc) is 3.06. The van der Waals surface area contributed by atoms with Gasteiger partial charge in [0.25, 0.3) is 5.56 Å². The number of aryl methyl sites for hydroxylation is 1. The van der Waals surface area contributed by atoms with Gasteiger partial charge in [0.05, 0.1) is 28.7 Å². The zero-order valence-corrected chi connectivity index (χ0v) is 18.9. The van der Waals surface area contributed by atoms with Crippen molar-refractivity contribution < 1.29 is 4.79 Å². The van der Waals surface area contributed by atoms with Crippen molar-refractivity contribution in [2.24, 2.45) is 5.92 Å². The molecule has 0 saturated heterocycles. The van der Waals surface area contributed by atoms with Crippen molar-refractivity contribution in [1.82, 2.24) is 14.9 Å². The number of likely N-dealkylation sites (N-methyl/N-ethyl adjacent to an activating group) is 1. The molecule has 1 amide bonds. The minimum Gasteiger partial charge on any atom is -0.324 e. The highest BCUT2D eigenvalue weighted by atomic mass is 35.5. The second-order valence-electron chi connectivity index (χ2n) is 8.10. The Bertz CT molecular complexity index is 1160. The SMILES string of the molecule is CC1CCc2c(sc3nc(C(C)N(C)CC(=O)Nc4ccccc4Cl)[nH]c(=O)c23)C1. The Morgan fingerprint density at radius 1 is 1.43 bits per heavy atom. The molecule has 1 aromatic carbocycles. The Balaban J connectivity index is 1.52. The van der Waals surface area contributed by atoms with Gasteiger partial charge in [-0.25, -0.2) is 4.98 Å². The summed E-state index contributed by atoms with van der Waals surface area (Å²) in [6, 6.07) is 6.90. The van der Waals surface area contributed by atoms with Crippen LogP contribution in [0.25, 0.3) is 10.2 Å². The van der Waals surface area contributed by atoms with E-state index in [1.54, 1.807) is 23.5 Å². The number of thiophene rings is 1. The number of amides is 1. The molecule has 0 fully saturated rings. The van der Waals surface area contributed by atoms with Crippen LogP contribution in [0.15, 0.2) is 29.1 Å². The van der Waals surface area contributed by atoms with Gasteiger partial charge in [-0.3, -0.25) is 14.5 Å². The third-order valence-electron chi connectivity index (χ3n) is 5.78. The van der Waals surface area contributed by atoms with Crippen LogP contribution in [0.3, 0.4) is 0 Å². The summed E-state index contributed by atoms with van der Waals surface area (Å²) in [5.74, 6) is 1.04. The number of carbonyl (C=O) groups is 1. The second kappa shape index (κ2) is 8.49. The zero-order chi connectivity index (χ0) is 21.4. The summed E-state index contributed by atoms with van der Waals surface area (Å²) in [5.41, 5.74) is 1.67. The third kappa shape index (κ3) is 4.15. The van der Waals surface area contributed by atoms with Crippen molar-refractivity contribution in [2.75, 3.05) is 18.9 Å². The van der Waals surface area contributed by atoms with E-state index in [9.17, 15) is 9.59 Å². The van der Waals surface area contributed by atoms with Crippen LogP contribution in [0.1, 0.15) is 42.6 Å². The monoisotopic (exact) mass is 444 g/mol. The van der Waals surface area contributed by atoms with Gasteiger partial charge in [-0.15, -0.1) is 11.3 Å². The highest BCUT2D eigenvalue weighted by Crippen LogP contribution is 2.36. The largest absolute Gasteiger partial charge is 0.324 e. The molecule has 0 bridgehead atoms. The summed E-state index contributed by atoms with van der Waals surface area (Å²) in [5, 5.41) is 4.06. The summed E-state index contributed by atoms with van der Waals surface area (Å²) in [7, 11) is 1.84. The molecule has 0 spiro atoms. The number of anilines is 1. The number of aromatic amines is 1. The van der Waals surface area contributed by atoms with Crippen LogP contribution in [0.4, 0.5) is 5.69 Å². The highest BCUT2D eigenvalue weighted by Gasteiger charge is 2.25. The van der Waals surface area contributed by atoms with Gasteiger partial charge in [0.15, 0.2) is 0 Å². The summed E-state index contributed by atoms with van der Waals surface area (Å²) < 4.78 is 0. The number of nitrogens with one attached hydrogen (secondary N) is 2. The number of benzene rings is 1. The van der Waals surface area contributed by atoms with E-state index in [4.69, 9.17) is 16.6 Å². The predicted molar refractivity (Wildman–Crippen MR) is 123 cm³/mol. The Labute approximate surface area is 184 Å². The Hall–Kier alpha value is -2.22. The molecule has 1 aliphatic rings. The molecule has 158 valence electrons. The Morgan fingerprint density at radius 2 is 2.20 bits per heavy atom. The number of carbonyl (C=O) groups excluding carboxylic acids is 1. The molecular weight excluding hydrogens is 420 g/mol. The van der Waals surface area contributed by atoms with Gasteiger partial charge in [0, 0.05) is 4.88 Å². The predicted octanol–water partition coefficient (Wildman–Crippen LogP) is 4.39. The number of rotatable bonds is 5. The fourth-order valence-corrected chi connectivity index (χ4v) is 5.46. The van der Waals surface area contributed by atoms with Crippen molar-refractivity contribution in [1.29, 1.82) is 0 Å². The molecule has 2 N–H and O–H groups in total. The first kappa shape index (κ1) is 21.0. The van der Waals surface area contributed by atoms with E-state index >= 15 is 0 Å². The molecule has 4 rings (SSSR count). The number of halogens is 1. The smallest absolute Gasteiger partial charge is 0.259 e. The molecule has 6 nitrogen and oxygen atoms in total. The molecule has 0 aliphatic heterocycles. The Kier molecular flexibility index (Phi) is 5.95. The molecule has 2 atom stereocenters. The van der Waals surface area contributed by atoms with Gasteiger partial charge in [-0.05, 0) is 56.8 Å². The lowest BCUT2D eigenvalue weighted by Crippen LogP contribution is -2.33. The summed E-state index contributed by atoms with van der Waals surface area (Å²) in [6.45, 7) is 4.33. The molecule has 1 aliphatic carbocycles. The van der Waals surface area contributed by atoms with E-state index in [1.165, 1.54) is 10.4 Å². The molecule has 2 heterocycles. The number of nitrogens with zero attached hydrogens (tertiary/aromatic N) is 2. The van der Waals surface area contributed by atoms with Crippen LogP contribution >= 0.6 is 22.9 Å². The standard InChI is InChI=1S/C22H25ClN4O2S/c1-12-8-9-14-17(10-12)30-22-19(14)21(29)25-20(26-22)13(2)27(3)11-18(28)24-16-7-5-4-6-15(16)23/h4-7,12-13H,8-11H2,1-3H3,(H,24,28)(H,25,26,29). The first-order valence-corrected chi connectivity index (χ1v) is 11.3. The minimum absolute atomic E-state index is 0.0807. The first-order chi connectivity index (χ1) is 14.3. The number of para-hydroxylation sites is 1. The fraction of sp³-hybridized carbons (Fsp3) is 0.409. The number of hydrogen-bond acceptors (Lipinski definition) is 5. The maximum Gasteiger partial charge on any atom is 0.259 e. The normalized spacial score (nSPS) is 17.2. The van der Waals surface area contributed by atoms with Gasteiger partial charge in [0.1, 0.15) is 10.7 Å². The van der Waals surface area contributed by atoms with Crippen LogP contribution in [0.5, 0.6) is 0 Å². The average molecular weight is 445 g/mol. The highest BCUT2D eigenvalue weighted by molar-refractivity contribution is 7.18. The van der Waals surface area contributed by atoms with E-state index in [2.05, 4.69) is 17.2 Å². The first-order valence-electron chi connectivity index (χ1n) is 10.1. The van der Waals surface area contributed by atoms with Crippen molar-refractivity contribution in [2.45, 2.75) is 39.2 Å². The van der Waals surface area contributed by atoms with E-state index in [1.807, 2.05) is 31.0 Å². The lowest BCUT2D eigenvalue weighted by atomic mass is 9.89. The van der Waals surface area contributed by atoms with Crippen LogP contribution in [0.2, 0.25) is 5.02 Å². The van der Waals surface area contributed by atoms with Crippen molar-refractivity contribution in [3.63, 3.8) is 0 Å². The molecule has 0 saturated carbocycles. The van der Waals surface area contributed by atoms with Gasteiger partial charge < -0.3 is 10.3 Å². The third-order valence-corrected chi connectivity index (χ3v) is 7.26. The molecule has 8 heteroatoms. The summed E-state index contributed by atoms with van der Waals surface area (Å²) in [6.07, 6.45) is 3.07. The molecule has 2 aromatic heterocycles. The van der Waals surface area contributed by atoms with E-state index in [0.29, 0.717) is 22.5 Å². The van der Waals surface area contributed by atoms with E-state index in [0.717, 1.165) is 29.5 Å². The molecule has 30 heavy (non-hydrogen) atoms. The van der Waals surface area contributed by atoms with Crippen LogP contribution < -0.4 is 10.9 Å². The van der Waals surface area contributed by atoms with Gasteiger partial charge in [-0.1, -0.05) is 30.7 Å². The van der Waals surface area contributed by atoms with Crippen LogP contribution in [-0.2, 0) is 17.6 Å². The number of aromatic nitrogens is 2. The number of H-pyrrole nitrogens is 1. The van der Waals surface area contributed by atoms with E-state index < -0.39 is 0 Å².